The standard InChI is InChI=1S/C12H23N2O/c1-6-11(14(4)5)8-7-9-13-12(15)10(2)3/h11H,1-2,6-9H2,3-5H3,(H,13,15). The zero-order valence-corrected chi connectivity index (χ0v) is 10.2. The molecule has 0 aromatic carbocycles. The van der Waals surface area contributed by atoms with Crippen LogP contribution in [-0.4, -0.2) is 37.5 Å². The lowest BCUT2D eigenvalue weighted by molar-refractivity contribution is -0.117. The van der Waals surface area contributed by atoms with Crippen LogP contribution in [0.25, 0.3) is 0 Å². The predicted octanol–water partition coefficient (Wildman–Crippen LogP) is 1.61. The molecule has 0 rings (SSSR count). The molecule has 0 aromatic heterocycles. The highest BCUT2D eigenvalue weighted by atomic mass is 16.1. The second-order valence-electron chi connectivity index (χ2n) is 4.08. The molecule has 1 N–H and O–H groups in total. The lowest BCUT2D eigenvalue weighted by Crippen LogP contribution is -2.30. The number of amides is 1. The van der Waals surface area contributed by atoms with Gasteiger partial charge in [-0.3, -0.25) is 4.79 Å². The average Bonchev–Trinajstić information content (AvgIpc) is 2.16. The van der Waals surface area contributed by atoms with Gasteiger partial charge in [-0.15, -0.1) is 0 Å². The molecule has 1 atom stereocenters. The van der Waals surface area contributed by atoms with Crippen molar-refractivity contribution in [3.05, 3.63) is 19.1 Å². The van der Waals surface area contributed by atoms with Crippen molar-refractivity contribution in [1.82, 2.24) is 10.2 Å². The van der Waals surface area contributed by atoms with Crippen LogP contribution in [0.2, 0.25) is 0 Å². The minimum Gasteiger partial charge on any atom is -0.352 e. The third kappa shape index (κ3) is 6.28. The minimum atomic E-state index is -0.0500. The number of nitrogens with zero attached hydrogens (tertiary/aromatic N) is 1. The quantitative estimate of drug-likeness (QED) is 0.512. The summed E-state index contributed by atoms with van der Waals surface area (Å²) in [6, 6.07) is 0.506. The monoisotopic (exact) mass is 211 g/mol. The van der Waals surface area contributed by atoms with Gasteiger partial charge in [0.05, 0.1) is 0 Å². The van der Waals surface area contributed by atoms with E-state index in [1.165, 1.54) is 0 Å². The van der Waals surface area contributed by atoms with Crippen molar-refractivity contribution in [3.8, 4) is 0 Å². The Morgan fingerprint density at radius 3 is 2.47 bits per heavy atom. The Kier molecular flexibility index (Phi) is 7.05. The van der Waals surface area contributed by atoms with Gasteiger partial charge in [0.1, 0.15) is 0 Å². The second kappa shape index (κ2) is 7.46. The van der Waals surface area contributed by atoms with Crippen LogP contribution in [-0.2, 0) is 4.79 Å². The summed E-state index contributed by atoms with van der Waals surface area (Å²) in [6.45, 7) is 9.92. The first kappa shape index (κ1) is 14.2. The van der Waals surface area contributed by atoms with Crippen LogP contribution in [0.4, 0.5) is 0 Å². The summed E-state index contributed by atoms with van der Waals surface area (Å²) in [5, 5.41) is 2.82. The van der Waals surface area contributed by atoms with Gasteiger partial charge in [0.15, 0.2) is 0 Å². The lowest BCUT2D eigenvalue weighted by atomic mass is 10.1. The molecule has 0 fully saturated rings. The first-order valence-electron chi connectivity index (χ1n) is 5.38. The Hall–Kier alpha value is -0.830. The Balaban J connectivity index is 3.61. The Labute approximate surface area is 93.5 Å². The summed E-state index contributed by atoms with van der Waals surface area (Å²) in [6.07, 6.45) is 2.95. The van der Waals surface area contributed by atoms with Crippen LogP contribution >= 0.6 is 0 Å². The SMILES string of the molecule is [CH2]CC(CCCNC(=O)C(=C)C)N(C)C. The largest absolute Gasteiger partial charge is 0.352 e. The van der Waals surface area contributed by atoms with E-state index in [2.05, 4.69) is 37.8 Å². The number of hydrogen-bond acceptors (Lipinski definition) is 2. The van der Waals surface area contributed by atoms with Crippen LogP contribution in [0.1, 0.15) is 26.2 Å². The molecule has 0 saturated heterocycles. The molecular weight excluding hydrogens is 188 g/mol. The fraction of sp³-hybridized carbons (Fsp3) is 0.667. The molecule has 0 aromatic rings. The van der Waals surface area contributed by atoms with Crippen molar-refractivity contribution in [3.63, 3.8) is 0 Å². The number of carbonyl (C=O) groups excluding carboxylic acids is 1. The summed E-state index contributed by atoms with van der Waals surface area (Å²) >= 11 is 0. The van der Waals surface area contributed by atoms with Gasteiger partial charge in [-0.25, -0.2) is 0 Å². The van der Waals surface area contributed by atoms with Gasteiger partial charge in [-0.1, -0.05) is 13.5 Å². The predicted molar refractivity (Wildman–Crippen MR) is 64.5 cm³/mol. The van der Waals surface area contributed by atoms with Crippen molar-refractivity contribution in [1.29, 1.82) is 0 Å². The Bertz CT molecular complexity index is 212. The van der Waals surface area contributed by atoms with Gasteiger partial charge in [0, 0.05) is 18.2 Å². The molecule has 3 heteroatoms. The molecule has 15 heavy (non-hydrogen) atoms. The molecule has 0 spiro atoms. The van der Waals surface area contributed by atoms with Gasteiger partial charge in [0.25, 0.3) is 0 Å². The third-order valence-corrected chi connectivity index (χ3v) is 2.45. The zero-order chi connectivity index (χ0) is 11.8. The van der Waals surface area contributed by atoms with Gasteiger partial charge >= 0.3 is 0 Å². The first-order chi connectivity index (χ1) is 6.99. The van der Waals surface area contributed by atoms with Crippen LogP contribution in [0.5, 0.6) is 0 Å². The topological polar surface area (TPSA) is 32.3 Å². The highest BCUT2D eigenvalue weighted by Gasteiger charge is 2.08. The summed E-state index contributed by atoms with van der Waals surface area (Å²) in [5.41, 5.74) is 0.566. The van der Waals surface area contributed by atoms with Gasteiger partial charge in [-0.2, -0.15) is 0 Å². The fourth-order valence-electron chi connectivity index (χ4n) is 1.35. The van der Waals surface area contributed by atoms with Crippen molar-refractivity contribution in [2.24, 2.45) is 0 Å². The van der Waals surface area contributed by atoms with E-state index in [1.807, 2.05) is 0 Å². The van der Waals surface area contributed by atoms with Crippen molar-refractivity contribution < 1.29 is 4.79 Å². The maximum Gasteiger partial charge on any atom is 0.246 e. The molecule has 0 heterocycles. The summed E-state index contributed by atoms with van der Waals surface area (Å²) in [4.78, 5) is 13.3. The molecule has 0 saturated carbocycles. The van der Waals surface area contributed by atoms with E-state index >= 15 is 0 Å². The van der Waals surface area contributed by atoms with Gasteiger partial charge in [0.2, 0.25) is 5.91 Å². The number of hydrogen-bond donors (Lipinski definition) is 1. The van der Waals surface area contributed by atoms with Crippen molar-refractivity contribution >= 4 is 5.91 Å². The highest BCUT2D eigenvalue weighted by molar-refractivity contribution is 5.91. The minimum absolute atomic E-state index is 0.0500. The smallest absolute Gasteiger partial charge is 0.246 e. The van der Waals surface area contributed by atoms with Crippen molar-refractivity contribution in [2.45, 2.75) is 32.2 Å². The first-order valence-corrected chi connectivity index (χ1v) is 5.38. The van der Waals surface area contributed by atoms with Gasteiger partial charge in [-0.05, 0) is 40.3 Å². The summed E-state index contributed by atoms with van der Waals surface area (Å²) in [5.74, 6) is -0.0500. The third-order valence-electron chi connectivity index (χ3n) is 2.45. The molecule has 0 aliphatic heterocycles. The Morgan fingerprint density at radius 1 is 1.47 bits per heavy atom. The zero-order valence-electron chi connectivity index (χ0n) is 10.2. The lowest BCUT2D eigenvalue weighted by Gasteiger charge is -2.22. The maximum absolute atomic E-state index is 11.2. The van der Waals surface area contributed by atoms with Crippen LogP contribution < -0.4 is 5.32 Å². The van der Waals surface area contributed by atoms with Crippen LogP contribution in [0, 0.1) is 6.92 Å². The van der Waals surface area contributed by atoms with E-state index in [0.717, 1.165) is 25.8 Å². The molecule has 0 bridgehead atoms. The molecule has 1 radical (unpaired) electrons. The van der Waals surface area contributed by atoms with E-state index in [-0.39, 0.29) is 5.91 Å². The summed E-state index contributed by atoms with van der Waals surface area (Å²) in [7, 11) is 4.12. The second-order valence-corrected chi connectivity index (χ2v) is 4.08. The van der Waals surface area contributed by atoms with Gasteiger partial charge < -0.3 is 10.2 Å². The fourth-order valence-corrected chi connectivity index (χ4v) is 1.35. The molecule has 1 unspecified atom stereocenters. The van der Waals surface area contributed by atoms with E-state index in [9.17, 15) is 4.79 Å². The molecular formula is C12H23N2O. The van der Waals surface area contributed by atoms with Crippen LogP contribution in [0.3, 0.4) is 0 Å². The molecule has 3 nitrogen and oxygen atoms in total. The molecule has 87 valence electrons. The van der Waals surface area contributed by atoms with Crippen molar-refractivity contribution in [2.75, 3.05) is 20.6 Å². The molecule has 1 amide bonds. The Morgan fingerprint density at radius 2 is 2.07 bits per heavy atom. The van der Waals surface area contributed by atoms with E-state index in [0.29, 0.717) is 11.6 Å². The number of rotatable bonds is 7. The number of nitrogens with one attached hydrogen (secondary N) is 1. The van der Waals surface area contributed by atoms with E-state index in [1.54, 1.807) is 6.92 Å². The maximum atomic E-state index is 11.2. The van der Waals surface area contributed by atoms with E-state index in [4.69, 9.17) is 0 Å². The highest BCUT2D eigenvalue weighted by Crippen LogP contribution is 2.06. The average molecular weight is 211 g/mol. The van der Waals surface area contributed by atoms with E-state index < -0.39 is 0 Å². The normalized spacial score (nSPS) is 12.6. The number of carbonyl (C=O) groups is 1. The summed E-state index contributed by atoms with van der Waals surface area (Å²) < 4.78 is 0. The molecule has 0 aliphatic rings. The molecule has 0 aliphatic carbocycles. The van der Waals surface area contributed by atoms with Crippen LogP contribution in [0.15, 0.2) is 12.2 Å².